The van der Waals surface area contributed by atoms with Crippen molar-refractivity contribution < 1.29 is 9.32 Å². The Labute approximate surface area is 168 Å². The number of carbonyl (C=O) groups is 1. The molecule has 1 fully saturated rings. The second kappa shape index (κ2) is 8.02. The van der Waals surface area contributed by atoms with Crippen molar-refractivity contribution in [2.75, 3.05) is 18.4 Å². The Morgan fingerprint density at radius 3 is 2.86 bits per heavy atom. The maximum Gasteiger partial charge on any atom is 0.321 e. The minimum atomic E-state index is -0.104. The van der Waals surface area contributed by atoms with E-state index in [1.165, 1.54) is 0 Å². The molecule has 1 atom stereocenters. The molecule has 1 aliphatic heterocycles. The largest absolute Gasteiger partial charge is 0.339 e. The molecule has 0 aliphatic carbocycles. The second-order valence-corrected chi connectivity index (χ2v) is 7.48. The van der Waals surface area contributed by atoms with Gasteiger partial charge in [-0.25, -0.2) is 4.79 Å². The maximum absolute atomic E-state index is 12.6. The van der Waals surface area contributed by atoms with Crippen molar-refractivity contribution in [2.45, 2.75) is 25.7 Å². The summed E-state index contributed by atoms with van der Waals surface area (Å²) in [5.41, 5.74) is 2.76. The minimum absolute atomic E-state index is 0.0329. The molecule has 1 aliphatic rings. The fraction of sp³-hybridized carbons (Fsp3) is 0.286. The number of aromatic nitrogens is 2. The highest BCUT2D eigenvalue weighted by Gasteiger charge is 2.28. The standard InChI is InChI=1S/C21H21ClN4O2/c1-14-4-2-6-18(12-14)23-21(27)26-11-3-5-16(13-26)20-24-19(25-28-20)15-7-9-17(22)10-8-15/h2,4,6-10,12,16H,3,5,11,13H2,1H3,(H,23,27)/t16-/m1/s1. The molecule has 0 unspecified atom stereocenters. The lowest BCUT2D eigenvalue weighted by Crippen LogP contribution is -2.41. The number of anilines is 1. The molecule has 1 saturated heterocycles. The Balaban J connectivity index is 1.43. The Morgan fingerprint density at radius 1 is 1.25 bits per heavy atom. The van der Waals surface area contributed by atoms with Gasteiger partial charge >= 0.3 is 6.03 Å². The summed E-state index contributed by atoms with van der Waals surface area (Å²) < 4.78 is 5.50. The van der Waals surface area contributed by atoms with Crippen LogP contribution in [0, 0.1) is 6.92 Å². The first kappa shape index (κ1) is 18.5. The summed E-state index contributed by atoms with van der Waals surface area (Å²) in [4.78, 5) is 19.0. The van der Waals surface area contributed by atoms with Crippen LogP contribution in [0.15, 0.2) is 53.1 Å². The van der Waals surface area contributed by atoms with E-state index in [2.05, 4.69) is 15.5 Å². The highest BCUT2D eigenvalue weighted by atomic mass is 35.5. The van der Waals surface area contributed by atoms with Crippen LogP contribution in [0.25, 0.3) is 11.4 Å². The summed E-state index contributed by atoms with van der Waals surface area (Å²) >= 11 is 5.93. The van der Waals surface area contributed by atoms with Crippen LogP contribution in [0.4, 0.5) is 10.5 Å². The van der Waals surface area contributed by atoms with Crippen LogP contribution in [0.5, 0.6) is 0 Å². The summed E-state index contributed by atoms with van der Waals surface area (Å²) in [6.07, 6.45) is 1.81. The van der Waals surface area contributed by atoms with Gasteiger partial charge in [0.15, 0.2) is 0 Å². The molecule has 4 rings (SSSR count). The zero-order valence-electron chi connectivity index (χ0n) is 15.6. The van der Waals surface area contributed by atoms with Gasteiger partial charge in [-0.05, 0) is 61.7 Å². The Morgan fingerprint density at radius 2 is 2.07 bits per heavy atom. The van der Waals surface area contributed by atoms with E-state index >= 15 is 0 Å². The number of aryl methyl sites for hydroxylation is 1. The van der Waals surface area contributed by atoms with Gasteiger partial charge in [0, 0.05) is 29.4 Å². The van der Waals surface area contributed by atoms with Crippen LogP contribution in [0.2, 0.25) is 5.02 Å². The topological polar surface area (TPSA) is 71.3 Å². The van der Waals surface area contributed by atoms with Gasteiger partial charge in [0.25, 0.3) is 0 Å². The summed E-state index contributed by atoms with van der Waals surface area (Å²) in [5.74, 6) is 1.14. The SMILES string of the molecule is Cc1cccc(NC(=O)N2CCC[C@@H](c3nc(-c4ccc(Cl)cc4)no3)C2)c1. The minimum Gasteiger partial charge on any atom is -0.339 e. The number of amides is 2. The quantitative estimate of drug-likeness (QED) is 0.667. The lowest BCUT2D eigenvalue weighted by Gasteiger charge is -2.31. The van der Waals surface area contributed by atoms with E-state index in [4.69, 9.17) is 16.1 Å². The Hall–Kier alpha value is -2.86. The van der Waals surface area contributed by atoms with E-state index in [1.54, 1.807) is 12.1 Å². The average molecular weight is 397 g/mol. The van der Waals surface area contributed by atoms with E-state index in [9.17, 15) is 4.79 Å². The van der Waals surface area contributed by atoms with Gasteiger partial charge in [0.05, 0.1) is 5.92 Å². The predicted octanol–water partition coefficient (Wildman–Crippen LogP) is 5.11. The molecule has 28 heavy (non-hydrogen) atoms. The smallest absolute Gasteiger partial charge is 0.321 e. The molecule has 0 bridgehead atoms. The predicted molar refractivity (Wildman–Crippen MR) is 108 cm³/mol. The number of nitrogens with zero attached hydrogens (tertiary/aromatic N) is 3. The van der Waals surface area contributed by atoms with Crippen molar-refractivity contribution in [1.29, 1.82) is 0 Å². The summed E-state index contributed by atoms with van der Waals surface area (Å²) in [6, 6.07) is 15.0. The van der Waals surface area contributed by atoms with Crippen molar-refractivity contribution in [2.24, 2.45) is 0 Å². The molecule has 1 aromatic heterocycles. The number of rotatable bonds is 3. The van der Waals surface area contributed by atoms with Crippen LogP contribution in [0.3, 0.4) is 0 Å². The van der Waals surface area contributed by atoms with E-state index < -0.39 is 0 Å². The van der Waals surface area contributed by atoms with E-state index in [1.807, 2.05) is 48.2 Å². The molecule has 2 aromatic carbocycles. The van der Waals surface area contributed by atoms with Crippen molar-refractivity contribution in [3.8, 4) is 11.4 Å². The highest BCUT2D eigenvalue weighted by molar-refractivity contribution is 6.30. The van der Waals surface area contributed by atoms with Gasteiger partial charge in [0.2, 0.25) is 11.7 Å². The van der Waals surface area contributed by atoms with Gasteiger partial charge < -0.3 is 14.7 Å². The van der Waals surface area contributed by atoms with Crippen LogP contribution in [-0.2, 0) is 0 Å². The van der Waals surface area contributed by atoms with Gasteiger partial charge in [-0.15, -0.1) is 0 Å². The molecule has 1 N–H and O–H groups in total. The fourth-order valence-corrected chi connectivity index (χ4v) is 3.53. The number of carbonyl (C=O) groups excluding carboxylic acids is 1. The Kier molecular flexibility index (Phi) is 5.30. The third-order valence-corrected chi connectivity index (χ3v) is 5.12. The lowest BCUT2D eigenvalue weighted by molar-refractivity contribution is 0.184. The van der Waals surface area contributed by atoms with Crippen molar-refractivity contribution in [1.82, 2.24) is 15.0 Å². The summed E-state index contributed by atoms with van der Waals surface area (Å²) in [6.45, 7) is 3.27. The molecule has 2 amide bonds. The molecule has 6 nitrogen and oxygen atoms in total. The monoisotopic (exact) mass is 396 g/mol. The van der Waals surface area contributed by atoms with Crippen molar-refractivity contribution >= 4 is 23.3 Å². The lowest BCUT2D eigenvalue weighted by atomic mass is 9.98. The van der Waals surface area contributed by atoms with Crippen LogP contribution < -0.4 is 5.32 Å². The zero-order valence-corrected chi connectivity index (χ0v) is 16.3. The molecule has 7 heteroatoms. The number of urea groups is 1. The maximum atomic E-state index is 12.6. The van der Waals surface area contributed by atoms with E-state index in [0.29, 0.717) is 29.8 Å². The van der Waals surface area contributed by atoms with Crippen molar-refractivity contribution in [3.05, 3.63) is 65.0 Å². The van der Waals surface area contributed by atoms with Crippen LogP contribution in [-0.4, -0.2) is 34.2 Å². The number of hydrogen-bond acceptors (Lipinski definition) is 4. The van der Waals surface area contributed by atoms with Crippen LogP contribution in [0.1, 0.15) is 30.2 Å². The van der Waals surface area contributed by atoms with E-state index in [0.717, 1.165) is 29.7 Å². The first-order valence-corrected chi connectivity index (χ1v) is 9.68. The molecule has 144 valence electrons. The first-order chi connectivity index (χ1) is 13.6. The average Bonchev–Trinajstić information content (AvgIpc) is 3.19. The first-order valence-electron chi connectivity index (χ1n) is 9.30. The zero-order chi connectivity index (χ0) is 19.5. The number of benzene rings is 2. The number of halogens is 1. The Bertz CT molecular complexity index is 971. The normalized spacial score (nSPS) is 16.8. The molecular formula is C21H21ClN4O2. The summed E-state index contributed by atoms with van der Waals surface area (Å²) in [5, 5.41) is 7.72. The summed E-state index contributed by atoms with van der Waals surface area (Å²) in [7, 11) is 0. The number of likely N-dealkylation sites (tertiary alicyclic amines) is 1. The number of nitrogens with one attached hydrogen (secondary N) is 1. The van der Waals surface area contributed by atoms with Crippen LogP contribution >= 0.6 is 11.6 Å². The molecule has 0 radical (unpaired) electrons. The number of piperidine rings is 1. The fourth-order valence-electron chi connectivity index (χ4n) is 3.41. The molecule has 2 heterocycles. The second-order valence-electron chi connectivity index (χ2n) is 7.05. The van der Waals surface area contributed by atoms with Gasteiger partial charge in [-0.3, -0.25) is 0 Å². The third-order valence-electron chi connectivity index (χ3n) is 4.87. The molecule has 0 spiro atoms. The van der Waals surface area contributed by atoms with E-state index in [-0.39, 0.29) is 11.9 Å². The molecule has 0 saturated carbocycles. The van der Waals surface area contributed by atoms with Gasteiger partial charge in [-0.2, -0.15) is 4.98 Å². The van der Waals surface area contributed by atoms with Gasteiger partial charge in [-0.1, -0.05) is 28.9 Å². The molecule has 3 aromatic rings. The van der Waals surface area contributed by atoms with Gasteiger partial charge in [0.1, 0.15) is 0 Å². The third kappa shape index (κ3) is 4.17. The van der Waals surface area contributed by atoms with Crippen molar-refractivity contribution in [3.63, 3.8) is 0 Å². The molecular weight excluding hydrogens is 376 g/mol. The highest BCUT2D eigenvalue weighted by Crippen LogP contribution is 2.28. The number of hydrogen-bond donors (Lipinski definition) is 1.